The Balaban J connectivity index is 2.85. The van der Waals surface area contributed by atoms with E-state index in [0.717, 1.165) is 6.42 Å². The Labute approximate surface area is 99.3 Å². The Morgan fingerprint density at radius 2 is 1.50 bits per heavy atom. The van der Waals surface area contributed by atoms with Gasteiger partial charge in [0, 0.05) is 13.8 Å². The predicted octanol–water partition coefficient (Wildman–Crippen LogP) is 4.22. The average Bonchev–Trinajstić information content (AvgIpc) is 2.16. The molecule has 1 aromatic rings. The average molecular weight is 215 g/mol. The van der Waals surface area contributed by atoms with Gasteiger partial charge in [0.05, 0.1) is 6.42 Å². The third-order valence-corrected chi connectivity index (χ3v) is 2.76. The van der Waals surface area contributed by atoms with E-state index in [-0.39, 0.29) is 11.0 Å². The predicted molar refractivity (Wildman–Crippen MR) is 69.5 cm³/mol. The van der Waals surface area contributed by atoms with Crippen LogP contribution in [-0.2, 0) is 11.8 Å². The van der Waals surface area contributed by atoms with Crippen LogP contribution in [0.1, 0.15) is 45.7 Å². The van der Waals surface area contributed by atoms with E-state index < -0.39 is 0 Å². The summed E-state index contributed by atoms with van der Waals surface area (Å²) in [5, 5.41) is 0. The summed E-state index contributed by atoms with van der Waals surface area (Å²) >= 11 is 0. The topological polar surface area (TPSA) is 4.36 Å². The molecule has 0 spiro atoms. The second-order valence-electron chi connectivity index (χ2n) is 6.05. The van der Waals surface area contributed by atoms with E-state index in [1.807, 2.05) is 13.8 Å². The first-order valence-corrected chi connectivity index (χ1v) is 5.73. The third kappa shape index (κ3) is 3.38. The third-order valence-electron chi connectivity index (χ3n) is 2.76. The summed E-state index contributed by atoms with van der Waals surface area (Å²) < 4.78 is 0. The zero-order valence-electron chi connectivity index (χ0n) is 11.0. The van der Waals surface area contributed by atoms with Crippen molar-refractivity contribution in [3.63, 3.8) is 0 Å². The zero-order chi connectivity index (χ0) is 12.4. The monoisotopic (exact) mass is 215 g/mol. The summed E-state index contributed by atoms with van der Waals surface area (Å²) in [4.78, 5) is 3.64. The maximum atomic E-state index is 7.12. The van der Waals surface area contributed by atoms with Crippen molar-refractivity contribution in [2.45, 2.75) is 52.0 Å². The van der Waals surface area contributed by atoms with Gasteiger partial charge in [-0.2, -0.15) is 0 Å². The molecule has 0 fully saturated rings. The van der Waals surface area contributed by atoms with Gasteiger partial charge in [0.15, 0.2) is 0 Å². The number of hydrogen-bond acceptors (Lipinski definition) is 0. The van der Waals surface area contributed by atoms with Crippen LogP contribution >= 0.6 is 0 Å². The largest absolute Gasteiger partial charge is 0.311 e. The minimum absolute atomic E-state index is 0.202. The lowest BCUT2D eigenvalue weighted by molar-refractivity contribution is 0.587. The highest BCUT2D eigenvalue weighted by Gasteiger charge is 2.23. The van der Waals surface area contributed by atoms with E-state index in [1.54, 1.807) is 0 Å². The molecule has 0 unspecified atom stereocenters. The molecule has 0 heterocycles. The Morgan fingerprint density at radius 1 is 1.00 bits per heavy atom. The lowest BCUT2D eigenvalue weighted by Gasteiger charge is -2.19. The van der Waals surface area contributed by atoms with E-state index >= 15 is 0 Å². The normalized spacial score (nSPS) is 12.2. The van der Waals surface area contributed by atoms with Crippen molar-refractivity contribution in [2.75, 3.05) is 0 Å². The van der Waals surface area contributed by atoms with Gasteiger partial charge in [0.25, 0.3) is 0 Å². The van der Waals surface area contributed by atoms with Crippen molar-refractivity contribution in [3.8, 4) is 0 Å². The van der Waals surface area contributed by atoms with Crippen molar-refractivity contribution >= 4 is 0 Å². The van der Waals surface area contributed by atoms with E-state index in [0.29, 0.717) is 0 Å². The molecule has 86 valence electrons. The summed E-state index contributed by atoms with van der Waals surface area (Å²) in [6, 6.07) is 8.64. The van der Waals surface area contributed by atoms with Crippen LogP contribution in [0.4, 0.5) is 0 Å². The van der Waals surface area contributed by atoms with Crippen LogP contribution in [-0.4, -0.2) is 5.54 Å². The van der Waals surface area contributed by atoms with Crippen LogP contribution in [0.25, 0.3) is 4.85 Å². The van der Waals surface area contributed by atoms with E-state index in [9.17, 15) is 0 Å². The van der Waals surface area contributed by atoms with Gasteiger partial charge in [-0.1, -0.05) is 45.0 Å². The maximum Gasteiger partial charge on any atom is 0.231 e. The Bertz CT molecular complexity index is 385. The lowest BCUT2D eigenvalue weighted by Crippen LogP contribution is -2.18. The molecule has 0 aliphatic rings. The molecule has 0 saturated carbocycles. The quantitative estimate of drug-likeness (QED) is 0.650. The van der Waals surface area contributed by atoms with Gasteiger partial charge in [0.1, 0.15) is 0 Å². The molecular weight excluding hydrogens is 194 g/mol. The Kier molecular flexibility index (Phi) is 3.43. The SMILES string of the molecule is [C-]#[N+]C(C)(C)Cc1ccc(C(C)(C)C)cc1. The first kappa shape index (κ1) is 12.8. The molecule has 0 aliphatic heterocycles. The van der Waals surface area contributed by atoms with Gasteiger partial charge in [0.2, 0.25) is 5.54 Å². The van der Waals surface area contributed by atoms with Crippen LogP contribution < -0.4 is 0 Å². The van der Waals surface area contributed by atoms with Crippen LogP contribution in [0.2, 0.25) is 0 Å². The van der Waals surface area contributed by atoms with E-state index in [2.05, 4.69) is 49.9 Å². The summed E-state index contributed by atoms with van der Waals surface area (Å²) in [6.45, 7) is 17.7. The molecule has 0 aromatic heterocycles. The highest BCUT2D eigenvalue weighted by Crippen LogP contribution is 2.24. The molecule has 0 N–H and O–H groups in total. The number of rotatable bonds is 2. The van der Waals surface area contributed by atoms with Gasteiger partial charge in [-0.25, -0.2) is 6.57 Å². The summed E-state index contributed by atoms with van der Waals surface area (Å²) in [5.41, 5.74) is 2.50. The van der Waals surface area contributed by atoms with Crippen LogP contribution in [0.3, 0.4) is 0 Å². The van der Waals surface area contributed by atoms with Gasteiger partial charge >= 0.3 is 0 Å². The highest BCUT2D eigenvalue weighted by molar-refractivity contribution is 5.28. The van der Waals surface area contributed by atoms with Crippen molar-refractivity contribution in [1.82, 2.24) is 0 Å². The Hall–Kier alpha value is -1.29. The second-order valence-corrected chi connectivity index (χ2v) is 6.05. The molecule has 0 radical (unpaired) electrons. The molecule has 16 heavy (non-hydrogen) atoms. The van der Waals surface area contributed by atoms with E-state index in [4.69, 9.17) is 6.57 Å². The van der Waals surface area contributed by atoms with Crippen molar-refractivity contribution in [1.29, 1.82) is 0 Å². The number of nitrogens with zero attached hydrogens (tertiary/aromatic N) is 1. The lowest BCUT2D eigenvalue weighted by atomic mass is 9.85. The maximum absolute atomic E-state index is 7.12. The number of benzene rings is 1. The molecule has 1 heteroatoms. The fourth-order valence-electron chi connectivity index (χ4n) is 1.66. The fourth-order valence-corrected chi connectivity index (χ4v) is 1.66. The first-order chi connectivity index (χ1) is 7.24. The smallest absolute Gasteiger partial charge is 0.231 e. The minimum Gasteiger partial charge on any atom is -0.311 e. The van der Waals surface area contributed by atoms with E-state index in [1.165, 1.54) is 11.1 Å². The van der Waals surface area contributed by atoms with Crippen LogP contribution in [0.15, 0.2) is 24.3 Å². The summed E-state index contributed by atoms with van der Waals surface area (Å²) in [5.74, 6) is 0. The number of hydrogen-bond donors (Lipinski definition) is 0. The molecule has 1 rings (SSSR count). The summed E-state index contributed by atoms with van der Waals surface area (Å²) in [7, 11) is 0. The first-order valence-electron chi connectivity index (χ1n) is 5.73. The molecular formula is C15H21N. The molecule has 0 atom stereocenters. The molecule has 1 aromatic carbocycles. The molecule has 0 bridgehead atoms. The van der Waals surface area contributed by atoms with Gasteiger partial charge in [-0.15, -0.1) is 0 Å². The Morgan fingerprint density at radius 3 is 1.88 bits per heavy atom. The molecule has 1 nitrogen and oxygen atoms in total. The van der Waals surface area contributed by atoms with Crippen LogP contribution in [0, 0.1) is 6.57 Å². The standard InChI is InChI=1S/C15H21N/c1-14(2,3)13-9-7-12(8-10-13)11-15(4,5)16-6/h7-10H,11H2,1-5H3. The van der Waals surface area contributed by atoms with Crippen molar-refractivity contribution in [2.24, 2.45) is 0 Å². The van der Waals surface area contributed by atoms with Gasteiger partial charge in [-0.05, 0) is 16.5 Å². The van der Waals surface area contributed by atoms with Crippen LogP contribution in [0.5, 0.6) is 0 Å². The minimum atomic E-state index is -0.288. The molecule has 0 aliphatic carbocycles. The van der Waals surface area contributed by atoms with Crippen molar-refractivity contribution in [3.05, 3.63) is 46.8 Å². The van der Waals surface area contributed by atoms with Crippen molar-refractivity contribution < 1.29 is 0 Å². The fraction of sp³-hybridized carbons (Fsp3) is 0.533. The van der Waals surface area contributed by atoms with Gasteiger partial charge < -0.3 is 4.85 Å². The van der Waals surface area contributed by atoms with Gasteiger partial charge in [-0.3, -0.25) is 0 Å². The summed E-state index contributed by atoms with van der Waals surface area (Å²) in [6.07, 6.45) is 0.820. The second kappa shape index (κ2) is 4.29. The molecule has 0 saturated heterocycles. The zero-order valence-corrected chi connectivity index (χ0v) is 11.0. The highest BCUT2D eigenvalue weighted by atomic mass is 14.8. The molecule has 0 amide bonds.